The summed E-state index contributed by atoms with van der Waals surface area (Å²) in [7, 11) is -4.07. The molecule has 0 saturated carbocycles. The van der Waals surface area contributed by atoms with Gasteiger partial charge in [-0.2, -0.15) is 9.40 Å². The van der Waals surface area contributed by atoms with E-state index in [-0.39, 0.29) is 13.1 Å². The Hall–Kier alpha value is -2.13. The zero-order valence-electron chi connectivity index (χ0n) is 13.0. The van der Waals surface area contributed by atoms with Crippen LogP contribution in [0.5, 0.6) is 0 Å². The quantitative estimate of drug-likeness (QED) is 0.837. The smallest absolute Gasteiger partial charge is 0.246 e. The van der Waals surface area contributed by atoms with Crippen LogP contribution in [-0.4, -0.2) is 49.1 Å². The second-order valence-electron chi connectivity index (χ2n) is 5.50. The fraction of sp³-hybridized carbons (Fsp3) is 0.333. The molecule has 1 aromatic carbocycles. The Morgan fingerprint density at radius 1 is 1.00 bits per heavy atom. The van der Waals surface area contributed by atoms with Crippen LogP contribution in [0.25, 0.3) is 0 Å². The third-order valence-corrected chi connectivity index (χ3v) is 5.77. The van der Waals surface area contributed by atoms with Gasteiger partial charge in [-0.1, -0.05) is 0 Å². The molecule has 0 aliphatic carbocycles. The Morgan fingerprint density at radius 3 is 2.33 bits per heavy atom. The van der Waals surface area contributed by atoms with Crippen molar-refractivity contribution in [3.8, 4) is 0 Å². The second kappa shape index (κ2) is 6.40. The van der Waals surface area contributed by atoms with E-state index < -0.39 is 26.6 Å². The van der Waals surface area contributed by atoms with Gasteiger partial charge in [0.05, 0.1) is 5.69 Å². The van der Waals surface area contributed by atoms with Crippen molar-refractivity contribution in [2.24, 2.45) is 0 Å². The van der Waals surface area contributed by atoms with E-state index in [1.54, 1.807) is 0 Å². The number of piperazine rings is 1. The van der Waals surface area contributed by atoms with Crippen molar-refractivity contribution in [2.45, 2.75) is 11.8 Å². The summed E-state index contributed by atoms with van der Waals surface area (Å²) in [4.78, 5) is 1.27. The lowest BCUT2D eigenvalue weighted by Gasteiger charge is -2.34. The number of benzene rings is 1. The maximum Gasteiger partial charge on any atom is 0.246 e. The molecule has 0 N–H and O–H groups in total. The lowest BCUT2D eigenvalue weighted by Crippen LogP contribution is -2.49. The van der Waals surface area contributed by atoms with Gasteiger partial charge >= 0.3 is 0 Å². The lowest BCUT2D eigenvalue weighted by molar-refractivity contribution is 0.380. The predicted molar refractivity (Wildman–Crippen MR) is 84.1 cm³/mol. The molecule has 24 heavy (non-hydrogen) atoms. The third kappa shape index (κ3) is 3.22. The van der Waals surface area contributed by atoms with Crippen molar-refractivity contribution in [3.05, 3.63) is 47.7 Å². The summed E-state index contributed by atoms with van der Waals surface area (Å²) in [5.41, 5.74) is 0.793. The monoisotopic (exact) mass is 354 g/mol. The lowest BCUT2D eigenvalue weighted by atomic mass is 10.3. The van der Waals surface area contributed by atoms with E-state index in [9.17, 15) is 17.2 Å². The van der Waals surface area contributed by atoms with Crippen LogP contribution in [0.2, 0.25) is 0 Å². The molecule has 1 aliphatic rings. The summed E-state index contributed by atoms with van der Waals surface area (Å²) in [5.74, 6) is -1.08. The van der Waals surface area contributed by atoms with Gasteiger partial charge in [0.15, 0.2) is 5.82 Å². The molecule has 1 aromatic heterocycles. The number of nitrogens with zero attached hydrogens (tertiary/aromatic N) is 4. The van der Waals surface area contributed by atoms with E-state index in [1.807, 2.05) is 24.0 Å². The molecular weight excluding hydrogens is 338 g/mol. The number of hydrogen-bond acceptors (Lipinski definition) is 5. The number of aryl methyl sites for hydroxylation is 1. The van der Waals surface area contributed by atoms with Crippen molar-refractivity contribution in [2.75, 3.05) is 31.1 Å². The molecule has 0 radical (unpaired) electrons. The van der Waals surface area contributed by atoms with Crippen molar-refractivity contribution >= 4 is 15.8 Å². The van der Waals surface area contributed by atoms with E-state index >= 15 is 0 Å². The molecule has 1 fully saturated rings. The van der Waals surface area contributed by atoms with Gasteiger partial charge in [-0.05, 0) is 37.3 Å². The number of hydrogen-bond donors (Lipinski definition) is 0. The Balaban J connectivity index is 1.76. The molecule has 0 bridgehead atoms. The van der Waals surface area contributed by atoms with Crippen LogP contribution in [-0.2, 0) is 10.0 Å². The van der Waals surface area contributed by atoms with Gasteiger partial charge < -0.3 is 4.90 Å². The van der Waals surface area contributed by atoms with Crippen molar-refractivity contribution in [3.63, 3.8) is 0 Å². The zero-order chi connectivity index (χ0) is 17.3. The summed E-state index contributed by atoms with van der Waals surface area (Å²) in [6.45, 7) is 2.94. The third-order valence-electron chi connectivity index (χ3n) is 3.86. The van der Waals surface area contributed by atoms with E-state index in [0.29, 0.717) is 25.0 Å². The maximum atomic E-state index is 13.8. The highest BCUT2D eigenvalue weighted by atomic mass is 32.2. The molecule has 6 nitrogen and oxygen atoms in total. The first-order valence-electron chi connectivity index (χ1n) is 7.38. The molecule has 1 aliphatic heterocycles. The van der Waals surface area contributed by atoms with Crippen LogP contribution in [0.1, 0.15) is 5.69 Å². The van der Waals surface area contributed by atoms with E-state index in [1.165, 1.54) is 0 Å². The van der Waals surface area contributed by atoms with E-state index in [0.717, 1.165) is 22.1 Å². The number of rotatable bonds is 3. The molecular formula is C15H16F2N4O2S. The molecule has 128 valence electrons. The zero-order valence-corrected chi connectivity index (χ0v) is 13.8. The van der Waals surface area contributed by atoms with Gasteiger partial charge in [0.25, 0.3) is 0 Å². The number of aromatic nitrogens is 2. The molecule has 2 aromatic rings. The first-order chi connectivity index (χ1) is 11.4. The minimum Gasteiger partial charge on any atom is -0.352 e. The molecule has 9 heteroatoms. The highest BCUT2D eigenvalue weighted by Crippen LogP contribution is 2.22. The van der Waals surface area contributed by atoms with Gasteiger partial charge in [-0.15, -0.1) is 5.10 Å². The Morgan fingerprint density at radius 2 is 1.71 bits per heavy atom. The fourth-order valence-corrected chi connectivity index (χ4v) is 4.03. The Kier molecular flexibility index (Phi) is 4.46. The van der Waals surface area contributed by atoms with Crippen LogP contribution in [0.3, 0.4) is 0 Å². The van der Waals surface area contributed by atoms with Crippen molar-refractivity contribution in [1.29, 1.82) is 0 Å². The topological polar surface area (TPSA) is 66.4 Å². The minimum atomic E-state index is -4.07. The normalized spacial score (nSPS) is 16.4. The number of anilines is 1. The van der Waals surface area contributed by atoms with Gasteiger partial charge in [-0.25, -0.2) is 17.2 Å². The summed E-state index contributed by atoms with van der Waals surface area (Å²) in [5, 5.41) is 8.05. The Bertz CT molecular complexity index is 835. The molecule has 0 atom stereocenters. The fourth-order valence-electron chi connectivity index (χ4n) is 2.53. The molecule has 2 heterocycles. The van der Waals surface area contributed by atoms with Crippen molar-refractivity contribution < 1.29 is 17.2 Å². The van der Waals surface area contributed by atoms with Crippen LogP contribution in [0.4, 0.5) is 14.6 Å². The second-order valence-corrected chi connectivity index (χ2v) is 7.41. The summed E-state index contributed by atoms with van der Waals surface area (Å²) < 4.78 is 53.3. The molecule has 0 spiro atoms. The van der Waals surface area contributed by atoms with Crippen LogP contribution in [0, 0.1) is 18.6 Å². The predicted octanol–water partition coefficient (Wildman–Crippen LogP) is 1.57. The first kappa shape index (κ1) is 16.7. The highest BCUT2D eigenvalue weighted by molar-refractivity contribution is 7.89. The number of sulfonamides is 1. The van der Waals surface area contributed by atoms with Crippen LogP contribution >= 0.6 is 0 Å². The highest BCUT2D eigenvalue weighted by Gasteiger charge is 2.31. The SMILES string of the molecule is Cc1ccc(N2CCN(S(=O)(=O)c3cc(F)ccc3F)CC2)nn1. The molecule has 0 unspecified atom stereocenters. The van der Waals surface area contributed by atoms with E-state index in [4.69, 9.17) is 0 Å². The van der Waals surface area contributed by atoms with Gasteiger partial charge in [0.1, 0.15) is 16.5 Å². The van der Waals surface area contributed by atoms with Gasteiger partial charge in [0.2, 0.25) is 10.0 Å². The summed E-state index contributed by atoms with van der Waals surface area (Å²) >= 11 is 0. The average molecular weight is 354 g/mol. The van der Waals surface area contributed by atoms with Crippen molar-refractivity contribution in [1.82, 2.24) is 14.5 Å². The van der Waals surface area contributed by atoms with Crippen LogP contribution < -0.4 is 4.90 Å². The Labute approximate surface area is 138 Å². The van der Waals surface area contributed by atoms with Gasteiger partial charge in [0, 0.05) is 26.2 Å². The number of halogens is 2. The standard InChI is InChI=1S/C15H16F2N4O2S/c1-11-2-5-15(19-18-11)20-6-8-21(9-7-20)24(22,23)14-10-12(16)3-4-13(14)17/h2-5,10H,6-9H2,1H3. The first-order valence-corrected chi connectivity index (χ1v) is 8.82. The average Bonchev–Trinajstić information content (AvgIpc) is 2.58. The maximum absolute atomic E-state index is 13.8. The van der Waals surface area contributed by atoms with Gasteiger partial charge in [-0.3, -0.25) is 0 Å². The van der Waals surface area contributed by atoms with Crippen LogP contribution in [0.15, 0.2) is 35.2 Å². The molecule has 3 rings (SSSR count). The van der Waals surface area contributed by atoms with E-state index in [2.05, 4.69) is 10.2 Å². The summed E-state index contributed by atoms with van der Waals surface area (Å²) in [6, 6.07) is 6.07. The molecule has 1 saturated heterocycles. The summed E-state index contributed by atoms with van der Waals surface area (Å²) in [6.07, 6.45) is 0. The molecule has 0 amide bonds. The minimum absolute atomic E-state index is 0.161. The largest absolute Gasteiger partial charge is 0.352 e.